The zero-order chi connectivity index (χ0) is 28.3. The van der Waals surface area contributed by atoms with E-state index in [9.17, 15) is 0 Å². The molecule has 0 aliphatic rings. The maximum absolute atomic E-state index is 2.34. The van der Waals surface area contributed by atoms with Gasteiger partial charge in [0.15, 0.2) is 0 Å². The van der Waals surface area contributed by atoms with Crippen LogP contribution in [0.15, 0.2) is 158 Å². The van der Waals surface area contributed by atoms with Gasteiger partial charge in [0, 0.05) is 25.7 Å². The maximum atomic E-state index is 2.34. The first-order valence-corrected chi connectivity index (χ1v) is 15.6. The SMILES string of the molecule is c1ccc(-c2ccc3sc4ccccc4c3c2-c2c3ccccc3c(-c3cccc4ccccc34)c3ccccc23)cc1. The average molecular weight is 563 g/mol. The summed E-state index contributed by atoms with van der Waals surface area (Å²) >= 11 is 1.89. The Kier molecular flexibility index (Phi) is 5.47. The minimum absolute atomic E-state index is 1.24. The zero-order valence-corrected chi connectivity index (χ0v) is 24.2. The van der Waals surface area contributed by atoms with Crippen LogP contribution in [0.2, 0.25) is 0 Å². The minimum atomic E-state index is 1.24. The van der Waals surface area contributed by atoms with Gasteiger partial charge in [0.25, 0.3) is 0 Å². The molecule has 0 bridgehead atoms. The third-order valence-electron chi connectivity index (χ3n) is 8.87. The fourth-order valence-corrected chi connectivity index (χ4v) is 8.18. The van der Waals surface area contributed by atoms with E-state index in [0.717, 1.165) is 0 Å². The van der Waals surface area contributed by atoms with Crippen molar-refractivity contribution in [2.24, 2.45) is 0 Å². The van der Waals surface area contributed by atoms with Crippen LogP contribution < -0.4 is 0 Å². The molecule has 0 fully saturated rings. The van der Waals surface area contributed by atoms with Gasteiger partial charge in [0.1, 0.15) is 0 Å². The molecule has 8 aromatic carbocycles. The smallest absolute Gasteiger partial charge is 0.0362 e. The van der Waals surface area contributed by atoms with Crippen molar-refractivity contribution in [3.63, 3.8) is 0 Å². The molecule has 9 aromatic rings. The minimum Gasteiger partial charge on any atom is -0.135 e. The second kappa shape index (κ2) is 9.66. The number of hydrogen-bond acceptors (Lipinski definition) is 1. The van der Waals surface area contributed by atoms with E-state index in [0.29, 0.717) is 0 Å². The van der Waals surface area contributed by atoms with Crippen molar-refractivity contribution in [3.05, 3.63) is 158 Å². The van der Waals surface area contributed by atoms with Crippen LogP contribution in [0.5, 0.6) is 0 Å². The van der Waals surface area contributed by atoms with E-state index in [1.165, 1.54) is 85.9 Å². The summed E-state index contributed by atoms with van der Waals surface area (Å²) in [6, 6.07) is 57.9. The molecule has 0 aliphatic heterocycles. The molecule has 0 unspecified atom stereocenters. The van der Waals surface area contributed by atoms with Crippen molar-refractivity contribution in [2.45, 2.75) is 0 Å². The zero-order valence-electron chi connectivity index (χ0n) is 23.4. The summed E-state index contributed by atoms with van der Waals surface area (Å²) in [6.45, 7) is 0. The highest BCUT2D eigenvalue weighted by Gasteiger charge is 2.23. The summed E-state index contributed by atoms with van der Waals surface area (Å²) in [4.78, 5) is 0. The lowest BCUT2D eigenvalue weighted by Gasteiger charge is -2.21. The summed E-state index contributed by atoms with van der Waals surface area (Å²) in [5, 5.41) is 10.3. The lowest BCUT2D eigenvalue weighted by atomic mass is 9.81. The lowest BCUT2D eigenvalue weighted by Crippen LogP contribution is -1.94. The molecule has 200 valence electrons. The highest BCUT2D eigenvalue weighted by molar-refractivity contribution is 7.26. The highest BCUT2D eigenvalue weighted by Crippen LogP contribution is 2.51. The molecule has 43 heavy (non-hydrogen) atoms. The normalized spacial score (nSPS) is 11.7. The van der Waals surface area contributed by atoms with E-state index in [1.807, 2.05) is 11.3 Å². The average Bonchev–Trinajstić information content (AvgIpc) is 3.46. The third-order valence-corrected chi connectivity index (χ3v) is 10.0. The molecule has 1 aromatic heterocycles. The van der Waals surface area contributed by atoms with Crippen LogP contribution in [0.4, 0.5) is 0 Å². The third kappa shape index (κ3) is 3.69. The van der Waals surface area contributed by atoms with Crippen molar-refractivity contribution in [3.8, 4) is 33.4 Å². The fourth-order valence-electron chi connectivity index (χ4n) is 7.07. The molecule has 0 saturated carbocycles. The molecular formula is C42H26S. The van der Waals surface area contributed by atoms with Gasteiger partial charge in [-0.15, -0.1) is 11.3 Å². The van der Waals surface area contributed by atoms with Gasteiger partial charge in [-0.1, -0.05) is 146 Å². The van der Waals surface area contributed by atoms with Crippen LogP contribution in [0.1, 0.15) is 0 Å². The standard InChI is InChI=1S/C42H26S/c1-2-13-28(14-3-1)30-25-26-38-41(36-22-10-11-24-37(36)43-38)42(30)40-34-20-8-6-18-32(34)39(33-19-7-9-21-35(33)40)31-23-12-16-27-15-4-5-17-29(27)31/h1-26H. The van der Waals surface area contributed by atoms with Crippen LogP contribution in [0, 0.1) is 0 Å². The Morgan fingerprint density at radius 1 is 0.302 bits per heavy atom. The van der Waals surface area contributed by atoms with Crippen molar-refractivity contribution < 1.29 is 0 Å². The molecule has 9 rings (SSSR count). The van der Waals surface area contributed by atoms with Gasteiger partial charge in [0.2, 0.25) is 0 Å². The van der Waals surface area contributed by atoms with E-state index in [2.05, 4.69) is 158 Å². The largest absolute Gasteiger partial charge is 0.135 e. The van der Waals surface area contributed by atoms with E-state index >= 15 is 0 Å². The van der Waals surface area contributed by atoms with Gasteiger partial charge in [-0.3, -0.25) is 0 Å². The monoisotopic (exact) mass is 562 g/mol. The topological polar surface area (TPSA) is 0 Å². The fraction of sp³-hybridized carbons (Fsp3) is 0. The van der Waals surface area contributed by atoms with Crippen molar-refractivity contribution in [1.82, 2.24) is 0 Å². The van der Waals surface area contributed by atoms with Gasteiger partial charge in [0.05, 0.1) is 0 Å². The Labute approximate surface area is 254 Å². The second-order valence-electron chi connectivity index (χ2n) is 11.2. The Morgan fingerprint density at radius 2 is 0.860 bits per heavy atom. The van der Waals surface area contributed by atoms with Gasteiger partial charge in [-0.25, -0.2) is 0 Å². The molecule has 0 amide bonds. The van der Waals surface area contributed by atoms with Crippen molar-refractivity contribution >= 4 is 63.8 Å². The lowest BCUT2D eigenvalue weighted by molar-refractivity contribution is 1.64. The predicted molar refractivity (Wildman–Crippen MR) is 188 cm³/mol. The number of benzene rings is 8. The van der Waals surface area contributed by atoms with E-state index in [4.69, 9.17) is 0 Å². The molecule has 0 N–H and O–H groups in total. The van der Waals surface area contributed by atoms with Crippen LogP contribution in [0.25, 0.3) is 85.9 Å². The van der Waals surface area contributed by atoms with Crippen molar-refractivity contribution in [1.29, 1.82) is 0 Å². The number of thiophene rings is 1. The van der Waals surface area contributed by atoms with Gasteiger partial charge < -0.3 is 0 Å². The summed E-state index contributed by atoms with van der Waals surface area (Å²) in [5.41, 5.74) is 7.71. The molecule has 0 aliphatic carbocycles. The van der Waals surface area contributed by atoms with Crippen LogP contribution in [-0.4, -0.2) is 0 Å². The molecular weight excluding hydrogens is 537 g/mol. The Bertz CT molecular complexity index is 2440. The number of hydrogen-bond donors (Lipinski definition) is 0. The van der Waals surface area contributed by atoms with E-state index in [1.54, 1.807) is 0 Å². The number of rotatable bonds is 3. The molecule has 1 heterocycles. The first kappa shape index (κ1) is 24.4. The molecule has 0 atom stereocenters. The first-order valence-electron chi connectivity index (χ1n) is 14.8. The highest BCUT2D eigenvalue weighted by atomic mass is 32.1. The maximum Gasteiger partial charge on any atom is 0.0362 e. The van der Waals surface area contributed by atoms with Gasteiger partial charge >= 0.3 is 0 Å². The van der Waals surface area contributed by atoms with E-state index in [-0.39, 0.29) is 0 Å². The Balaban J connectivity index is 1.52. The molecule has 0 saturated heterocycles. The molecule has 0 spiro atoms. The van der Waals surface area contributed by atoms with Crippen molar-refractivity contribution in [2.75, 3.05) is 0 Å². The second-order valence-corrected chi connectivity index (χ2v) is 12.3. The number of fused-ring (bicyclic) bond motifs is 6. The summed E-state index contributed by atoms with van der Waals surface area (Å²) in [6.07, 6.45) is 0. The van der Waals surface area contributed by atoms with Crippen LogP contribution in [0.3, 0.4) is 0 Å². The van der Waals surface area contributed by atoms with Crippen LogP contribution >= 0.6 is 11.3 Å². The quantitative estimate of drug-likeness (QED) is 0.188. The summed E-state index contributed by atoms with van der Waals surface area (Å²) < 4.78 is 2.65. The van der Waals surface area contributed by atoms with Gasteiger partial charge in [-0.05, 0) is 72.3 Å². The molecule has 1 heteroatoms. The molecule has 0 radical (unpaired) electrons. The Morgan fingerprint density at radius 3 is 1.58 bits per heavy atom. The molecule has 0 nitrogen and oxygen atoms in total. The summed E-state index contributed by atoms with van der Waals surface area (Å²) in [5.74, 6) is 0. The predicted octanol–water partition coefficient (Wildman–Crippen LogP) is 12.5. The first-order chi connectivity index (χ1) is 21.4. The van der Waals surface area contributed by atoms with Gasteiger partial charge in [-0.2, -0.15) is 0 Å². The van der Waals surface area contributed by atoms with Crippen LogP contribution in [-0.2, 0) is 0 Å². The Hall–Kier alpha value is -5.24. The van der Waals surface area contributed by atoms with E-state index < -0.39 is 0 Å². The summed E-state index contributed by atoms with van der Waals surface area (Å²) in [7, 11) is 0.